The molecule has 5 nitrogen and oxygen atoms in total. The van der Waals surface area contributed by atoms with E-state index in [2.05, 4.69) is 10.6 Å². The Labute approximate surface area is 138 Å². The van der Waals surface area contributed by atoms with E-state index in [-0.39, 0.29) is 30.3 Å². The fraction of sp³-hybridized carbons (Fsp3) is 0.667. The molecule has 0 saturated heterocycles. The Morgan fingerprint density at radius 1 is 1.26 bits per heavy atom. The lowest BCUT2D eigenvalue weighted by molar-refractivity contribution is -0.143. The lowest BCUT2D eigenvalue weighted by atomic mass is 10.2. The summed E-state index contributed by atoms with van der Waals surface area (Å²) in [6.45, 7) is 4.84. The van der Waals surface area contributed by atoms with Crippen LogP contribution in [0.2, 0.25) is 0 Å². The van der Waals surface area contributed by atoms with E-state index in [0.29, 0.717) is 12.6 Å². The fourth-order valence-electron chi connectivity index (χ4n) is 2.96. The van der Waals surface area contributed by atoms with Crippen LogP contribution in [0.25, 0.3) is 0 Å². The summed E-state index contributed by atoms with van der Waals surface area (Å²) in [4.78, 5) is 29.0. The van der Waals surface area contributed by atoms with Gasteiger partial charge in [-0.1, -0.05) is 0 Å². The van der Waals surface area contributed by atoms with E-state index in [0.717, 1.165) is 31.4 Å². The van der Waals surface area contributed by atoms with Crippen molar-refractivity contribution in [1.29, 1.82) is 0 Å². The van der Waals surface area contributed by atoms with Crippen molar-refractivity contribution in [2.24, 2.45) is 13.0 Å². The smallest absolute Gasteiger partial charge is 0.242 e. The van der Waals surface area contributed by atoms with Crippen molar-refractivity contribution < 1.29 is 9.59 Å². The molecule has 0 N–H and O–H groups in total. The number of rotatable bonds is 7. The van der Waals surface area contributed by atoms with Gasteiger partial charge in [0.1, 0.15) is 6.54 Å². The van der Waals surface area contributed by atoms with Gasteiger partial charge in [0.15, 0.2) is 0 Å². The van der Waals surface area contributed by atoms with Crippen LogP contribution < -0.4 is 0 Å². The van der Waals surface area contributed by atoms with Gasteiger partial charge in [-0.15, -0.1) is 0 Å². The summed E-state index contributed by atoms with van der Waals surface area (Å²) in [6, 6.07) is 4.48. The van der Waals surface area contributed by atoms with E-state index in [1.54, 1.807) is 4.90 Å². The topological polar surface area (TPSA) is 45.6 Å². The highest BCUT2D eigenvalue weighted by Crippen LogP contribution is 2.32. The standard InChI is InChI=1S/C18H27N3O2/c1-13(2)20(18(23)14-6-7-14)12-17(22)21(15-8-9-15)11-16-5-4-10-19(16)3/h4-5,10,13-15H,6-9,11-12H2,1-3H3. The first-order chi connectivity index (χ1) is 11.0. The second-order valence-corrected chi connectivity index (χ2v) is 7.20. The summed E-state index contributed by atoms with van der Waals surface area (Å²) in [5.74, 6) is 0.395. The number of carbonyl (C=O) groups is 2. The second-order valence-electron chi connectivity index (χ2n) is 7.20. The molecule has 0 aromatic carbocycles. The highest BCUT2D eigenvalue weighted by molar-refractivity contribution is 5.87. The van der Waals surface area contributed by atoms with Crippen LogP contribution in [-0.4, -0.2) is 44.8 Å². The number of amides is 2. The number of hydrogen-bond acceptors (Lipinski definition) is 2. The molecule has 126 valence electrons. The third-order valence-electron chi connectivity index (χ3n) is 4.83. The minimum atomic E-state index is 0.0724. The van der Waals surface area contributed by atoms with Gasteiger partial charge in [0.05, 0.1) is 6.54 Å². The van der Waals surface area contributed by atoms with Crippen LogP contribution in [0.4, 0.5) is 0 Å². The molecule has 0 atom stereocenters. The molecule has 1 aromatic rings. The molecule has 0 aliphatic heterocycles. The molecule has 2 aliphatic rings. The molecule has 0 unspecified atom stereocenters. The molecular weight excluding hydrogens is 290 g/mol. The minimum absolute atomic E-state index is 0.0724. The first-order valence-electron chi connectivity index (χ1n) is 8.67. The average molecular weight is 317 g/mol. The number of aryl methyl sites for hydroxylation is 1. The molecule has 3 rings (SSSR count). The predicted octanol–water partition coefficient (Wildman–Crippen LogP) is 2.16. The monoisotopic (exact) mass is 317 g/mol. The van der Waals surface area contributed by atoms with Gasteiger partial charge in [0, 0.05) is 36.9 Å². The third kappa shape index (κ3) is 3.77. The quantitative estimate of drug-likeness (QED) is 0.773. The lowest BCUT2D eigenvalue weighted by Crippen LogP contribution is -2.47. The van der Waals surface area contributed by atoms with E-state index >= 15 is 0 Å². The Balaban J connectivity index is 1.67. The van der Waals surface area contributed by atoms with Crippen LogP contribution in [0.3, 0.4) is 0 Å². The molecule has 1 aromatic heterocycles. The van der Waals surface area contributed by atoms with Gasteiger partial charge in [-0.25, -0.2) is 0 Å². The highest BCUT2D eigenvalue weighted by atomic mass is 16.2. The molecule has 5 heteroatoms. The minimum Gasteiger partial charge on any atom is -0.353 e. The van der Waals surface area contributed by atoms with Gasteiger partial charge in [-0.05, 0) is 51.7 Å². The van der Waals surface area contributed by atoms with Crippen LogP contribution in [0.5, 0.6) is 0 Å². The summed E-state index contributed by atoms with van der Waals surface area (Å²) in [7, 11) is 2.00. The zero-order valence-electron chi connectivity index (χ0n) is 14.4. The Morgan fingerprint density at radius 2 is 1.96 bits per heavy atom. The van der Waals surface area contributed by atoms with Gasteiger partial charge in [0.2, 0.25) is 11.8 Å². The average Bonchev–Trinajstić information content (AvgIpc) is 3.40. The van der Waals surface area contributed by atoms with Crippen molar-refractivity contribution in [2.75, 3.05) is 6.54 Å². The molecule has 1 heterocycles. The van der Waals surface area contributed by atoms with Crippen LogP contribution in [0, 0.1) is 5.92 Å². The zero-order chi connectivity index (χ0) is 16.6. The molecule has 23 heavy (non-hydrogen) atoms. The van der Waals surface area contributed by atoms with Crippen LogP contribution in [0.1, 0.15) is 45.2 Å². The van der Waals surface area contributed by atoms with E-state index in [9.17, 15) is 9.59 Å². The lowest BCUT2D eigenvalue weighted by Gasteiger charge is -2.30. The summed E-state index contributed by atoms with van der Waals surface area (Å²) >= 11 is 0. The molecule has 0 spiro atoms. The summed E-state index contributed by atoms with van der Waals surface area (Å²) < 4.78 is 2.05. The van der Waals surface area contributed by atoms with Gasteiger partial charge >= 0.3 is 0 Å². The number of nitrogens with zero attached hydrogens (tertiary/aromatic N) is 3. The zero-order valence-corrected chi connectivity index (χ0v) is 14.4. The van der Waals surface area contributed by atoms with Crippen molar-refractivity contribution in [3.63, 3.8) is 0 Å². The van der Waals surface area contributed by atoms with Crippen LogP contribution >= 0.6 is 0 Å². The van der Waals surface area contributed by atoms with Crippen molar-refractivity contribution in [1.82, 2.24) is 14.4 Å². The third-order valence-corrected chi connectivity index (χ3v) is 4.83. The summed E-state index contributed by atoms with van der Waals surface area (Å²) in [5.41, 5.74) is 1.13. The van der Waals surface area contributed by atoms with Gasteiger partial charge < -0.3 is 14.4 Å². The van der Waals surface area contributed by atoms with Crippen LogP contribution in [0.15, 0.2) is 18.3 Å². The molecule has 0 radical (unpaired) electrons. The SMILES string of the molecule is CC(C)N(CC(=O)N(Cc1cccn1C)C1CC1)C(=O)C1CC1. The van der Waals surface area contributed by atoms with Gasteiger partial charge in [-0.3, -0.25) is 9.59 Å². The Hall–Kier alpha value is -1.78. The van der Waals surface area contributed by atoms with Gasteiger partial charge in [-0.2, -0.15) is 0 Å². The van der Waals surface area contributed by atoms with E-state index in [1.807, 2.05) is 38.1 Å². The van der Waals surface area contributed by atoms with Crippen molar-refractivity contribution >= 4 is 11.8 Å². The van der Waals surface area contributed by atoms with Gasteiger partial charge in [0.25, 0.3) is 0 Å². The Morgan fingerprint density at radius 3 is 2.43 bits per heavy atom. The van der Waals surface area contributed by atoms with Crippen molar-refractivity contribution in [3.8, 4) is 0 Å². The largest absolute Gasteiger partial charge is 0.353 e. The molecule has 2 aliphatic carbocycles. The molecular formula is C18H27N3O2. The van der Waals surface area contributed by atoms with Crippen molar-refractivity contribution in [2.45, 2.75) is 58.2 Å². The number of carbonyl (C=O) groups excluding carboxylic acids is 2. The first kappa shape index (κ1) is 16.1. The molecule has 2 amide bonds. The second kappa shape index (κ2) is 6.38. The maximum Gasteiger partial charge on any atom is 0.242 e. The van der Waals surface area contributed by atoms with Crippen LogP contribution in [-0.2, 0) is 23.2 Å². The normalized spacial score (nSPS) is 17.4. The maximum atomic E-state index is 12.8. The number of aromatic nitrogens is 1. The Bertz CT molecular complexity index is 585. The number of hydrogen-bond donors (Lipinski definition) is 0. The maximum absolute atomic E-state index is 12.8. The predicted molar refractivity (Wildman–Crippen MR) is 88.6 cm³/mol. The summed E-state index contributed by atoms with van der Waals surface area (Å²) in [5, 5.41) is 0. The Kier molecular flexibility index (Phi) is 4.46. The highest BCUT2D eigenvalue weighted by Gasteiger charge is 2.38. The molecule has 2 saturated carbocycles. The molecule has 0 bridgehead atoms. The summed E-state index contributed by atoms with van der Waals surface area (Å²) in [6.07, 6.45) is 6.11. The molecule has 2 fully saturated rings. The first-order valence-corrected chi connectivity index (χ1v) is 8.67. The fourth-order valence-corrected chi connectivity index (χ4v) is 2.96. The van der Waals surface area contributed by atoms with Crippen molar-refractivity contribution in [3.05, 3.63) is 24.0 Å². The van der Waals surface area contributed by atoms with E-state index in [1.165, 1.54) is 0 Å². The van der Waals surface area contributed by atoms with E-state index in [4.69, 9.17) is 0 Å². The van der Waals surface area contributed by atoms with E-state index < -0.39 is 0 Å².